The molecule has 0 aliphatic rings. The highest BCUT2D eigenvalue weighted by atomic mass is 16.5. The normalized spacial score (nSPS) is 10.3. The molecule has 0 atom stereocenters. The van der Waals surface area contributed by atoms with Crippen LogP contribution < -0.4 is 4.74 Å². The predicted molar refractivity (Wildman–Crippen MR) is 97.3 cm³/mol. The van der Waals surface area contributed by atoms with Crippen molar-refractivity contribution in [2.75, 3.05) is 7.11 Å². The van der Waals surface area contributed by atoms with Crippen LogP contribution in [0.3, 0.4) is 0 Å². The van der Waals surface area contributed by atoms with Crippen molar-refractivity contribution in [1.29, 1.82) is 0 Å². The second kappa shape index (κ2) is 7.58. The second-order valence-electron chi connectivity index (χ2n) is 5.72. The molecule has 0 heterocycles. The smallest absolute Gasteiger partial charge is 0.193 e. The van der Waals surface area contributed by atoms with Gasteiger partial charge in [-0.1, -0.05) is 54.6 Å². The van der Waals surface area contributed by atoms with Gasteiger partial charge in [-0.2, -0.15) is 0 Å². The molecule has 0 N–H and O–H groups in total. The molecule has 3 aromatic rings. The van der Waals surface area contributed by atoms with E-state index in [4.69, 9.17) is 4.74 Å². The Bertz CT molecular complexity index is 863. The van der Waals surface area contributed by atoms with Gasteiger partial charge in [-0.05, 0) is 29.8 Å². The second-order valence-corrected chi connectivity index (χ2v) is 5.72. The lowest BCUT2D eigenvalue weighted by Crippen LogP contribution is -2.05. The number of Topliss-reactive ketones (excluding diaryl/α,β-unsaturated/α-hetero) is 1. The van der Waals surface area contributed by atoms with E-state index in [1.54, 1.807) is 55.6 Å². The monoisotopic (exact) mass is 330 g/mol. The van der Waals surface area contributed by atoms with Crippen molar-refractivity contribution in [1.82, 2.24) is 0 Å². The molecule has 0 spiro atoms. The van der Waals surface area contributed by atoms with Crippen LogP contribution in [-0.4, -0.2) is 18.7 Å². The maximum atomic E-state index is 12.4. The number of hydrogen-bond acceptors (Lipinski definition) is 3. The lowest BCUT2D eigenvalue weighted by molar-refractivity contribution is 0.0992. The lowest BCUT2D eigenvalue weighted by Gasteiger charge is -2.05. The Labute approximate surface area is 146 Å². The quantitative estimate of drug-likeness (QED) is 0.631. The molecule has 0 saturated heterocycles. The highest BCUT2D eigenvalue weighted by Gasteiger charge is 2.10. The van der Waals surface area contributed by atoms with Crippen LogP contribution in [0.15, 0.2) is 78.9 Å². The Morgan fingerprint density at radius 2 is 1.28 bits per heavy atom. The van der Waals surface area contributed by atoms with Crippen LogP contribution in [0.4, 0.5) is 0 Å². The molecule has 3 heteroatoms. The molecule has 0 fully saturated rings. The Morgan fingerprint density at radius 3 is 1.88 bits per heavy atom. The highest BCUT2D eigenvalue weighted by molar-refractivity contribution is 6.09. The molecule has 0 amide bonds. The maximum absolute atomic E-state index is 12.4. The summed E-state index contributed by atoms with van der Waals surface area (Å²) in [5.41, 5.74) is 2.80. The number of rotatable bonds is 6. The molecule has 124 valence electrons. The largest absolute Gasteiger partial charge is 0.497 e. The van der Waals surface area contributed by atoms with Crippen molar-refractivity contribution in [2.24, 2.45) is 0 Å². The van der Waals surface area contributed by atoms with E-state index < -0.39 is 0 Å². The number of carbonyl (C=O) groups is 2. The molecule has 3 nitrogen and oxygen atoms in total. The van der Waals surface area contributed by atoms with Gasteiger partial charge < -0.3 is 4.74 Å². The van der Waals surface area contributed by atoms with Crippen molar-refractivity contribution in [3.05, 3.63) is 101 Å². The molecule has 0 aliphatic carbocycles. The first-order chi connectivity index (χ1) is 12.2. The molecule has 0 saturated carbocycles. The van der Waals surface area contributed by atoms with E-state index in [1.807, 2.05) is 30.3 Å². The molecular formula is C22H18O3. The van der Waals surface area contributed by atoms with Crippen LogP contribution >= 0.6 is 0 Å². The van der Waals surface area contributed by atoms with E-state index in [0.29, 0.717) is 23.1 Å². The zero-order valence-corrected chi connectivity index (χ0v) is 13.9. The van der Waals surface area contributed by atoms with Crippen LogP contribution in [0, 0.1) is 0 Å². The summed E-state index contributed by atoms with van der Waals surface area (Å²) >= 11 is 0. The van der Waals surface area contributed by atoms with E-state index in [9.17, 15) is 9.59 Å². The van der Waals surface area contributed by atoms with Gasteiger partial charge in [0, 0.05) is 23.1 Å². The van der Waals surface area contributed by atoms with Crippen molar-refractivity contribution < 1.29 is 14.3 Å². The zero-order chi connectivity index (χ0) is 17.6. The van der Waals surface area contributed by atoms with Crippen molar-refractivity contribution >= 4 is 11.6 Å². The minimum Gasteiger partial charge on any atom is -0.497 e. The van der Waals surface area contributed by atoms with Crippen LogP contribution in [0.1, 0.15) is 31.8 Å². The fourth-order valence-corrected chi connectivity index (χ4v) is 2.59. The topological polar surface area (TPSA) is 43.4 Å². The Balaban J connectivity index is 1.69. The summed E-state index contributed by atoms with van der Waals surface area (Å²) in [6.07, 6.45) is 0.298. The number of ketones is 2. The molecule has 25 heavy (non-hydrogen) atoms. The minimum atomic E-state index is -0.0198. The number of ether oxygens (including phenoxy) is 1. The third-order valence-electron chi connectivity index (χ3n) is 4.03. The Hall–Kier alpha value is -3.20. The summed E-state index contributed by atoms with van der Waals surface area (Å²) in [7, 11) is 1.59. The van der Waals surface area contributed by atoms with Gasteiger partial charge in [-0.3, -0.25) is 9.59 Å². The molecule has 0 bridgehead atoms. The van der Waals surface area contributed by atoms with Crippen molar-refractivity contribution in [2.45, 2.75) is 6.42 Å². The molecule has 0 unspecified atom stereocenters. The number of methoxy groups -OCH3 is 1. The SMILES string of the molecule is COc1ccc(C(=O)Cc2ccc(C(=O)c3ccccc3)cc2)cc1. The first-order valence-electron chi connectivity index (χ1n) is 8.03. The number of carbonyl (C=O) groups excluding carboxylic acids is 2. The van der Waals surface area contributed by atoms with Gasteiger partial charge in [-0.25, -0.2) is 0 Å². The zero-order valence-electron chi connectivity index (χ0n) is 13.9. The summed E-state index contributed by atoms with van der Waals surface area (Å²) in [5, 5.41) is 0. The van der Waals surface area contributed by atoms with Gasteiger partial charge in [0.25, 0.3) is 0 Å². The standard InChI is InChI=1S/C22H18O3/c1-25-20-13-11-17(12-14-20)21(23)15-16-7-9-19(10-8-16)22(24)18-5-3-2-4-6-18/h2-14H,15H2,1H3. The summed E-state index contributed by atoms with van der Waals surface area (Å²) in [6.45, 7) is 0. The lowest BCUT2D eigenvalue weighted by atomic mass is 9.99. The maximum Gasteiger partial charge on any atom is 0.193 e. The van der Waals surface area contributed by atoms with Gasteiger partial charge in [0.05, 0.1) is 7.11 Å². The number of hydrogen-bond donors (Lipinski definition) is 0. The fraction of sp³-hybridized carbons (Fsp3) is 0.0909. The van der Waals surface area contributed by atoms with Gasteiger partial charge >= 0.3 is 0 Å². The molecule has 3 rings (SSSR count). The van der Waals surface area contributed by atoms with E-state index in [2.05, 4.69) is 0 Å². The van der Waals surface area contributed by atoms with Crippen LogP contribution in [0.2, 0.25) is 0 Å². The van der Waals surface area contributed by atoms with E-state index in [1.165, 1.54) is 0 Å². The van der Waals surface area contributed by atoms with Crippen LogP contribution in [0.5, 0.6) is 5.75 Å². The summed E-state index contributed by atoms with van der Waals surface area (Å²) in [5.74, 6) is 0.735. The summed E-state index contributed by atoms with van der Waals surface area (Å²) in [4.78, 5) is 24.7. The average molecular weight is 330 g/mol. The third kappa shape index (κ3) is 4.01. The van der Waals surface area contributed by atoms with E-state index in [-0.39, 0.29) is 11.6 Å². The predicted octanol–water partition coefficient (Wildman–Crippen LogP) is 4.35. The Morgan fingerprint density at radius 1 is 0.720 bits per heavy atom. The highest BCUT2D eigenvalue weighted by Crippen LogP contribution is 2.15. The van der Waals surface area contributed by atoms with Crippen molar-refractivity contribution in [3.63, 3.8) is 0 Å². The van der Waals surface area contributed by atoms with Crippen LogP contribution in [-0.2, 0) is 6.42 Å². The number of benzene rings is 3. The summed E-state index contributed by atoms with van der Waals surface area (Å²) in [6, 6.07) is 23.4. The first kappa shape index (κ1) is 16.7. The molecule has 0 aromatic heterocycles. The van der Waals surface area contributed by atoms with Gasteiger partial charge in [0.2, 0.25) is 0 Å². The molecule has 0 aliphatic heterocycles. The van der Waals surface area contributed by atoms with Gasteiger partial charge in [0.1, 0.15) is 5.75 Å². The first-order valence-corrected chi connectivity index (χ1v) is 8.03. The summed E-state index contributed by atoms with van der Waals surface area (Å²) < 4.78 is 5.10. The van der Waals surface area contributed by atoms with Gasteiger partial charge in [0.15, 0.2) is 11.6 Å². The van der Waals surface area contributed by atoms with E-state index in [0.717, 1.165) is 11.3 Å². The Kier molecular flexibility index (Phi) is 5.05. The molecule has 3 aromatic carbocycles. The van der Waals surface area contributed by atoms with Gasteiger partial charge in [-0.15, -0.1) is 0 Å². The minimum absolute atomic E-state index is 0.0198. The van der Waals surface area contributed by atoms with E-state index >= 15 is 0 Å². The average Bonchev–Trinajstić information content (AvgIpc) is 2.68. The van der Waals surface area contributed by atoms with Crippen LogP contribution in [0.25, 0.3) is 0 Å². The third-order valence-corrected chi connectivity index (χ3v) is 4.03. The molecule has 0 radical (unpaired) electrons. The van der Waals surface area contributed by atoms with Crippen molar-refractivity contribution in [3.8, 4) is 5.75 Å². The molecular weight excluding hydrogens is 312 g/mol. The fourth-order valence-electron chi connectivity index (χ4n) is 2.59.